The number of carbonyl (C=O) groups excluding carboxylic acids is 1. The monoisotopic (exact) mass is 344 g/mol. The van der Waals surface area contributed by atoms with Gasteiger partial charge >= 0.3 is 0 Å². The van der Waals surface area contributed by atoms with Crippen molar-refractivity contribution in [1.29, 1.82) is 0 Å². The van der Waals surface area contributed by atoms with Gasteiger partial charge in [-0.1, -0.05) is 5.21 Å². The van der Waals surface area contributed by atoms with E-state index in [-0.39, 0.29) is 18.1 Å². The molecule has 0 spiro atoms. The normalized spacial score (nSPS) is 22.6. The Labute approximate surface area is 146 Å². The van der Waals surface area contributed by atoms with Gasteiger partial charge in [-0.2, -0.15) is 5.10 Å². The van der Waals surface area contributed by atoms with E-state index in [9.17, 15) is 4.79 Å². The number of fused-ring (bicyclic) bond motifs is 3. The fourth-order valence-electron chi connectivity index (χ4n) is 3.98. The number of nitrogens with zero attached hydrogens (tertiary/aromatic N) is 6. The highest BCUT2D eigenvalue weighted by molar-refractivity contribution is 5.76. The number of ether oxygens (including phenoxy) is 1. The first-order valence-corrected chi connectivity index (χ1v) is 8.82. The van der Waals surface area contributed by atoms with Crippen LogP contribution in [-0.2, 0) is 29.6 Å². The van der Waals surface area contributed by atoms with E-state index in [0.717, 1.165) is 36.5 Å². The predicted octanol–water partition coefficient (Wildman–Crippen LogP) is 0.933. The van der Waals surface area contributed by atoms with Crippen LogP contribution in [-0.4, -0.2) is 54.8 Å². The molecular weight excluding hydrogens is 320 g/mol. The fourth-order valence-corrected chi connectivity index (χ4v) is 3.98. The van der Waals surface area contributed by atoms with E-state index < -0.39 is 0 Å². The highest BCUT2D eigenvalue weighted by atomic mass is 16.5. The lowest BCUT2D eigenvalue weighted by Crippen LogP contribution is -2.49. The summed E-state index contributed by atoms with van der Waals surface area (Å²) < 4.78 is 9.72. The summed E-state index contributed by atoms with van der Waals surface area (Å²) in [6.07, 6.45) is 3.96. The number of hydrogen-bond acceptors (Lipinski definition) is 5. The fraction of sp³-hybridized carbons (Fsp3) is 0.647. The van der Waals surface area contributed by atoms with Gasteiger partial charge in [-0.3, -0.25) is 9.48 Å². The summed E-state index contributed by atoms with van der Waals surface area (Å²) in [4.78, 5) is 14.7. The Morgan fingerprint density at radius 1 is 1.40 bits per heavy atom. The van der Waals surface area contributed by atoms with Gasteiger partial charge in [0.1, 0.15) is 0 Å². The van der Waals surface area contributed by atoms with Crippen molar-refractivity contribution in [1.82, 2.24) is 29.7 Å². The molecule has 25 heavy (non-hydrogen) atoms. The van der Waals surface area contributed by atoms with E-state index in [4.69, 9.17) is 4.74 Å². The first-order valence-electron chi connectivity index (χ1n) is 8.82. The third kappa shape index (κ3) is 2.84. The molecule has 8 nitrogen and oxygen atoms in total. The molecule has 2 aliphatic rings. The Hall–Kier alpha value is -2.22. The Balaban J connectivity index is 1.42. The molecule has 2 aliphatic heterocycles. The Morgan fingerprint density at radius 2 is 2.24 bits per heavy atom. The average Bonchev–Trinajstić information content (AvgIpc) is 3.18. The lowest BCUT2D eigenvalue weighted by Gasteiger charge is -2.41. The summed E-state index contributed by atoms with van der Waals surface area (Å²) in [5.74, 6) is 0.188. The van der Waals surface area contributed by atoms with Gasteiger partial charge in [-0.05, 0) is 32.3 Å². The quantitative estimate of drug-likeness (QED) is 0.828. The van der Waals surface area contributed by atoms with Gasteiger partial charge in [0.25, 0.3) is 0 Å². The molecule has 1 saturated heterocycles. The molecule has 4 heterocycles. The van der Waals surface area contributed by atoms with Gasteiger partial charge in [-0.15, -0.1) is 5.10 Å². The van der Waals surface area contributed by atoms with Crippen molar-refractivity contribution in [2.24, 2.45) is 7.05 Å². The summed E-state index contributed by atoms with van der Waals surface area (Å²) in [6, 6.07) is 0.0748. The molecule has 8 heteroatoms. The van der Waals surface area contributed by atoms with E-state index >= 15 is 0 Å². The van der Waals surface area contributed by atoms with Crippen molar-refractivity contribution >= 4 is 5.91 Å². The zero-order chi connectivity index (χ0) is 17.6. The first-order chi connectivity index (χ1) is 12.0. The van der Waals surface area contributed by atoms with Crippen LogP contribution in [0.4, 0.5) is 0 Å². The van der Waals surface area contributed by atoms with Crippen molar-refractivity contribution < 1.29 is 9.53 Å². The Kier molecular flexibility index (Phi) is 4.07. The van der Waals surface area contributed by atoms with Crippen LogP contribution in [0.3, 0.4) is 0 Å². The second kappa shape index (κ2) is 6.25. The number of aryl methyl sites for hydroxylation is 2. The predicted molar refractivity (Wildman–Crippen MR) is 89.8 cm³/mol. The zero-order valence-corrected chi connectivity index (χ0v) is 15.0. The lowest BCUT2D eigenvalue weighted by molar-refractivity contribution is -0.138. The maximum Gasteiger partial charge on any atom is 0.222 e. The number of carbonyl (C=O) groups is 1. The van der Waals surface area contributed by atoms with E-state index in [1.54, 1.807) is 6.20 Å². The molecule has 4 rings (SSSR count). The SMILES string of the molecule is Cc1nn(C)c(C)c1CCC(=O)N1CC[C@H]2OCc3cnnn3[C@H]2C1. The van der Waals surface area contributed by atoms with E-state index in [1.165, 1.54) is 5.56 Å². The molecule has 0 saturated carbocycles. The first kappa shape index (κ1) is 16.3. The average molecular weight is 344 g/mol. The lowest BCUT2D eigenvalue weighted by atomic mass is 9.99. The molecule has 1 amide bonds. The van der Waals surface area contributed by atoms with Crippen LogP contribution in [0.25, 0.3) is 0 Å². The number of rotatable bonds is 3. The number of aromatic nitrogens is 5. The molecule has 0 bridgehead atoms. The van der Waals surface area contributed by atoms with Gasteiger partial charge in [0, 0.05) is 32.3 Å². The molecule has 0 radical (unpaired) electrons. The second-order valence-corrected chi connectivity index (χ2v) is 6.99. The minimum absolute atomic E-state index is 0.0748. The van der Waals surface area contributed by atoms with Gasteiger partial charge < -0.3 is 9.64 Å². The van der Waals surface area contributed by atoms with E-state index in [1.807, 2.05) is 28.2 Å². The molecule has 0 unspecified atom stereocenters. The van der Waals surface area contributed by atoms with Crippen LogP contribution in [0, 0.1) is 13.8 Å². The van der Waals surface area contributed by atoms with Crippen molar-refractivity contribution in [3.05, 3.63) is 28.8 Å². The van der Waals surface area contributed by atoms with Crippen molar-refractivity contribution in [3.8, 4) is 0 Å². The van der Waals surface area contributed by atoms with Crippen molar-refractivity contribution in [2.75, 3.05) is 13.1 Å². The van der Waals surface area contributed by atoms with Crippen LogP contribution < -0.4 is 0 Å². The summed E-state index contributed by atoms with van der Waals surface area (Å²) in [5.41, 5.74) is 4.32. The third-order valence-corrected chi connectivity index (χ3v) is 5.53. The summed E-state index contributed by atoms with van der Waals surface area (Å²) in [6.45, 7) is 6.00. The molecule has 0 aromatic carbocycles. The number of amides is 1. The maximum absolute atomic E-state index is 12.7. The zero-order valence-electron chi connectivity index (χ0n) is 15.0. The topological polar surface area (TPSA) is 78.1 Å². The largest absolute Gasteiger partial charge is 0.370 e. The minimum Gasteiger partial charge on any atom is -0.370 e. The molecule has 2 aromatic rings. The number of piperidine rings is 1. The van der Waals surface area contributed by atoms with Crippen LogP contribution >= 0.6 is 0 Å². The smallest absolute Gasteiger partial charge is 0.222 e. The van der Waals surface area contributed by atoms with Crippen LogP contribution in [0.1, 0.15) is 41.5 Å². The standard InChI is InChI=1S/C17H24N6O2/c1-11-14(12(2)21(3)19-11)4-5-17(24)22-7-6-16-15(9-22)23-13(10-25-16)8-18-20-23/h8,15-16H,4-7,9-10H2,1-3H3/t15-,16+/m0/s1. The van der Waals surface area contributed by atoms with Crippen LogP contribution in [0.15, 0.2) is 6.20 Å². The molecule has 2 atom stereocenters. The molecule has 2 aromatic heterocycles. The molecule has 1 fully saturated rings. The second-order valence-electron chi connectivity index (χ2n) is 6.99. The Morgan fingerprint density at radius 3 is 3.00 bits per heavy atom. The Bertz CT molecular complexity index is 795. The molecule has 134 valence electrons. The van der Waals surface area contributed by atoms with E-state index in [2.05, 4.69) is 22.3 Å². The maximum atomic E-state index is 12.7. The summed E-state index contributed by atoms with van der Waals surface area (Å²) >= 11 is 0. The highest BCUT2D eigenvalue weighted by Crippen LogP contribution is 2.30. The molecule has 0 N–H and O–H groups in total. The van der Waals surface area contributed by atoms with Crippen molar-refractivity contribution in [3.63, 3.8) is 0 Å². The van der Waals surface area contributed by atoms with Gasteiger partial charge in [0.2, 0.25) is 5.91 Å². The summed E-state index contributed by atoms with van der Waals surface area (Å²) in [7, 11) is 1.94. The van der Waals surface area contributed by atoms with Crippen molar-refractivity contribution in [2.45, 2.75) is 51.9 Å². The third-order valence-electron chi connectivity index (χ3n) is 5.53. The van der Waals surface area contributed by atoms with Crippen LogP contribution in [0.5, 0.6) is 0 Å². The van der Waals surface area contributed by atoms with Gasteiger partial charge in [0.05, 0.1) is 36.3 Å². The molecular formula is C17H24N6O2. The van der Waals surface area contributed by atoms with Crippen LogP contribution in [0.2, 0.25) is 0 Å². The van der Waals surface area contributed by atoms with Gasteiger partial charge in [-0.25, -0.2) is 4.68 Å². The number of likely N-dealkylation sites (tertiary alicyclic amines) is 1. The highest BCUT2D eigenvalue weighted by Gasteiger charge is 2.37. The van der Waals surface area contributed by atoms with E-state index in [0.29, 0.717) is 19.6 Å². The minimum atomic E-state index is 0.0748. The number of hydrogen-bond donors (Lipinski definition) is 0. The summed E-state index contributed by atoms with van der Waals surface area (Å²) in [5, 5.41) is 12.6. The molecule has 0 aliphatic carbocycles. The van der Waals surface area contributed by atoms with Gasteiger partial charge in [0.15, 0.2) is 0 Å².